The fourth-order valence-corrected chi connectivity index (χ4v) is 4.49. The van der Waals surface area contributed by atoms with Crippen molar-refractivity contribution in [3.8, 4) is 0 Å². The van der Waals surface area contributed by atoms with Crippen LogP contribution >= 0.6 is 11.8 Å². The minimum Gasteiger partial charge on any atom is -0.480 e. The monoisotopic (exact) mass is 549 g/mol. The Morgan fingerprint density at radius 3 is 2.26 bits per heavy atom. The van der Waals surface area contributed by atoms with Gasteiger partial charge in [0, 0.05) is 23.5 Å². The van der Waals surface area contributed by atoms with E-state index in [1.165, 1.54) is 18.7 Å². The van der Waals surface area contributed by atoms with Crippen molar-refractivity contribution in [2.24, 2.45) is 11.7 Å². The predicted octanol–water partition coefficient (Wildman–Crippen LogP) is 0.757. The van der Waals surface area contributed by atoms with Crippen molar-refractivity contribution in [1.29, 1.82) is 0 Å². The van der Waals surface area contributed by atoms with E-state index < -0.39 is 54.0 Å². The summed E-state index contributed by atoms with van der Waals surface area (Å²) in [5.74, 6) is -2.61. The first-order valence-corrected chi connectivity index (χ1v) is 13.9. The third kappa shape index (κ3) is 9.03. The second kappa shape index (κ2) is 14.7. The Balaban J connectivity index is 2.29. The average Bonchev–Trinajstić information content (AvgIpc) is 3.26. The van der Waals surface area contributed by atoms with Crippen molar-refractivity contribution in [1.82, 2.24) is 20.9 Å². The number of benzene rings is 1. The Morgan fingerprint density at radius 1 is 1.00 bits per heavy atom. The number of carbonyl (C=O) groups is 4. The number of aliphatic carboxylic acids is 1. The van der Waals surface area contributed by atoms with Gasteiger partial charge < -0.3 is 36.9 Å². The van der Waals surface area contributed by atoms with Crippen LogP contribution in [0.2, 0.25) is 0 Å². The smallest absolute Gasteiger partial charge is 0.326 e. The number of aliphatic hydroxyl groups is 1. The number of aliphatic hydroxyl groups excluding tert-OH is 1. The number of carboxylic acids is 1. The Labute approximate surface area is 226 Å². The van der Waals surface area contributed by atoms with Gasteiger partial charge in [-0.1, -0.05) is 32.0 Å². The molecule has 8 N–H and O–H groups in total. The molecule has 38 heavy (non-hydrogen) atoms. The minimum atomic E-state index is -1.37. The number of thioether (sulfide) groups is 1. The molecule has 0 spiro atoms. The van der Waals surface area contributed by atoms with Crippen LogP contribution in [0.15, 0.2) is 30.5 Å². The molecule has 0 radical (unpaired) electrons. The molecule has 1 heterocycles. The summed E-state index contributed by atoms with van der Waals surface area (Å²) >= 11 is 1.53. The fraction of sp³-hybridized carbons (Fsp3) is 0.538. The Kier molecular flexibility index (Phi) is 12.1. The van der Waals surface area contributed by atoms with Crippen molar-refractivity contribution in [3.63, 3.8) is 0 Å². The fourth-order valence-electron chi connectivity index (χ4n) is 4.00. The number of hydrogen-bond acceptors (Lipinski definition) is 7. The quantitative estimate of drug-likeness (QED) is 0.170. The number of carbonyl (C=O) groups excluding carboxylic acids is 3. The van der Waals surface area contributed by atoms with Crippen LogP contribution in [0.1, 0.15) is 39.2 Å². The topological polar surface area (TPSA) is 187 Å². The van der Waals surface area contributed by atoms with E-state index in [1.807, 2.05) is 44.4 Å². The van der Waals surface area contributed by atoms with Crippen LogP contribution in [0.3, 0.4) is 0 Å². The van der Waals surface area contributed by atoms with Gasteiger partial charge >= 0.3 is 5.97 Å². The lowest BCUT2D eigenvalue weighted by Crippen LogP contribution is -2.60. The molecular formula is C26H39N5O6S. The van der Waals surface area contributed by atoms with Gasteiger partial charge in [0.2, 0.25) is 17.7 Å². The maximum Gasteiger partial charge on any atom is 0.326 e. The summed E-state index contributed by atoms with van der Waals surface area (Å²) in [5.41, 5.74) is 7.47. The normalized spacial score (nSPS) is 15.3. The van der Waals surface area contributed by atoms with Crippen LogP contribution in [-0.4, -0.2) is 81.2 Å². The van der Waals surface area contributed by atoms with Crippen LogP contribution in [0.25, 0.3) is 10.9 Å². The van der Waals surface area contributed by atoms with Gasteiger partial charge in [0.05, 0.1) is 12.1 Å². The lowest BCUT2D eigenvalue weighted by atomic mass is 10.0. The number of amides is 3. The first-order valence-electron chi connectivity index (χ1n) is 12.6. The van der Waals surface area contributed by atoms with Gasteiger partial charge in [-0.25, -0.2) is 4.79 Å². The first-order chi connectivity index (χ1) is 17.9. The molecule has 0 saturated heterocycles. The van der Waals surface area contributed by atoms with Gasteiger partial charge in [-0.2, -0.15) is 11.8 Å². The van der Waals surface area contributed by atoms with E-state index in [1.54, 1.807) is 6.20 Å². The van der Waals surface area contributed by atoms with E-state index in [2.05, 4.69) is 20.9 Å². The largest absolute Gasteiger partial charge is 0.480 e. The number of aromatic amines is 1. The summed E-state index contributed by atoms with van der Waals surface area (Å²) < 4.78 is 0. The molecule has 0 bridgehead atoms. The average molecular weight is 550 g/mol. The van der Waals surface area contributed by atoms with E-state index in [4.69, 9.17) is 5.73 Å². The van der Waals surface area contributed by atoms with Crippen molar-refractivity contribution >= 4 is 46.4 Å². The van der Waals surface area contributed by atoms with Crippen molar-refractivity contribution < 1.29 is 29.4 Å². The summed E-state index contributed by atoms with van der Waals surface area (Å²) in [5, 5.41) is 28.3. The molecule has 3 amide bonds. The first kappa shape index (κ1) is 31.1. The van der Waals surface area contributed by atoms with Crippen LogP contribution in [0.5, 0.6) is 0 Å². The second-order valence-corrected chi connectivity index (χ2v) is 10.8. The number of fused-ring (bicyclic) bond motifs is 1. The molecule has 0 aliphatic carbocycles. The minimum absolute atomic E-state index is 0.00297. The summed E-state index contributed by atoms with van der Waals surface area (Å²) in [6.07, 6.45) is 2.96. The molecule has 0 fully saturated rings. The molecule has 2 aromatic rings. The molecule has 5 unspecified atom stereocenters. The van der Waals surface area contributed by atoms with Crippen LogP contribution in [0.4, 0.5) is 0 Å². The van der Waals surface area contributed by atoms with E-state index in [9.17, 15) is 29.4 Å². The van der Waals surface area contributed by atoms with Crippen molar-refractivity contribution in [3.05, 3.63) is 36.0 Å². The van der Waals surface area contributed by atoms with Gasteiger partial charge in [-0.3, -0.25) is 14.4 Å². The highest BCUT2D eigenvalue weighted by atomic mass is 32.2. The maximum atomic E-state index is 13.3. The van der Waals surface area contributed by atoms with E-state index in [0.717, 1.165) is 16.5 Å². The Hall–Kier alpha value is -3.09. The maximum absolute atomic E-state index is 13.3. The summed E-state index contributed by atoms with van der Waals surface area (Å²) in [7, 11) is 0. The molecular weight excluding hydrogens is 510 g/mol. The van der Waals surface area contributed by atoms with E-state index in [0.29, 0.717) is 12.2 Å². The molecule has 0 aliphatic heterocycles. The SMILES string of the molecule is CSCCC(N)C(=O)NC(C(=O)NC(Cc1c[nH]c2ccccc12)C(=O)NC(CC(C)C)C(=O)O)C(C)O. The van der Waals surface area contributed by atoms with Gasteiger partial charge in [0.25, 0.3) is 0 Å². The molecule has 2 rings (SSSR count). The van der Waals surface area contributed by atoms with Crippen molar-refractivity contribution in [2.45, 2.75) is 70.3 Å². The Morgan fingerprint density at radius 2 is 1.66 bits per heavy atom. The molecule has 1 aromatic heterocycles. The molecule has 1 aromatic carbocycles. The van der Waals surface area contributed by atoms with Gasteiger partial charge in [0.1, 0.15) is 18.1 Å². The van der Waals surface area contributed by atoms with Gasteiger partial charge in [-0.05, 0) is 49.3 Å². The summed E-state index contributed by atoms with van der Waals surface area (Å²) in [6, 6.07) is 2.88. The lowest BCUT2D eigenvalue weighted by Gasteiger charge is -2.26. The predicted molar refractivity (Wildman–Crippen MR) is 148 cm³/mol. The molecule has 5 atom stereocenters. The van der Waals surface area contributed by atoms with Gasteiger partial charge in [-0.15, -0.1) is 0 Å². The third-order valence-corrected chi connectivity index (χ3v) is 6.73. The number of nitrogens with two attached hydrogens (primary N) is 1. The molecule has 11 nitrogen and oxygen atoms in total. The van der Waals surface area contributed by atoms with E-state index >= 15 is 0 Å². The highest BCUT2D eigenvalue weighted by molar-refractivity contribution is 7.98. The van der Waals surface area contributed by atoms with Crippen LogP contribution < -0.4 is 21.7 Å². The number of rotatable bonds is 15. The number of hydrogen-bond donors (Lipinski definition) is 7. The van der Waals surface area contributed by atoms with Gasteiger partial charge in [0.15, 0.2) is 0 Å². The molecule has 12 heteroatoms. The second-order valence-electron chi connectivity index (χ2n) is 9.77. The highest BCUT2D eigenvalue weighted by Crippen LogP contribution is 2.19. The lowest BCUT2D eigenvalue weighted by molar-refractivity contribution is -0.143. The van der Waals surface area contributed by atoms with Crippen LogP contribution in [-0.2, 0) is 25.6 Å². The highest BCUT2D eigenvalue weighted by Gasteiger charge is 2.33. The Bertz CT molecular complexity index is 1100. The van der Waals surface area contributed by atoms with Crippen LogP contribution in [0, 0.1) is 5.92 Å². The number of H-pyrrole nitrogens is 1. The van der Waals surface area contributed by atoms with Crippen molar-refractivity contribution in [2.75, 3.05) is 12.0 Å². The molecule has 0 saturated carbocycles. The standard InChI is InChI=1S/C26H39N5O6S/c1-14(2)11-21(26(36)37)30-24(34)20(12-16-13-28-19-8-6-5-7-17(16)19)29-25(35)22(15(3)32)31-23(33)18(27)9-10-38-4/h5-8,13-15,18,20-22,28,32H,9-12,27H2,1-4H3,(H,29,35)(H,30,34)(H,31,33)(H,36,37). The number of nitrogens with one attached hydrogen (secondary N) is 4. The third-order valence-electron chi connectivity index (χ3n) is 6.09. The zero-order valence-electron chi connectivity index (χ0n) is 22.2. The molecule has 210 valence electrons. The van der Waals surface area contributed by atoms with E-state index in [-0.39, 0.29) is 18.8 Å². The number of para-hydroxylation sites is 1. The zero-order chi connectivity index (χ0) is 28.4. The number of aromatic nitrogens is 1. The zero-order valence-corrected chi connectivity index (χ0v) is 23.0. The summed E-state index contributed by atoms with van der Waals surface area (Å²) in [4.78, 5) is 53.9. The summed E-state index contributed by atoms with van der Waals surface area (Å²) in [6.45, 7) is 5.02. The number of carboxylic acid groups (broad SMARTS) is 1. The molecule has 0 aliphatic rings.